The highest BCUT2D eigenvalue weighted by molar-refractivity contribution is 6.10. The van der Waals surface area contributed by atoms with Crippen LogP contribution in [0.5, 0.6) is 0 Å². The van der Waals surface area contributed by atoms with Crippen molar-refractivity contribution < 1.29 is 9.90 Å². The fourth-order valence-corrected chi connectivity index (χ4v) is 3.71. The van der Waals surface area contributed by atoms with Gasteiger partial charge in [-0.3, -0.25) is 9.78 Å². The van der Waals surface area contributed by atoms with Crippen LogP contribution in [0.4, 0.5) is 11.6 Å². The maximum atomic E-state index is 13.4. The van der Waals surface area contributed by atoms with Gasteiger partial charge < -0.3 is 10.4 Å². The molecule has 4 rings (SSSR count). The largest absolute Gasteiger partial charge is 0.396 e. The number of rotatable bonds is 6. The number of hydrogen-bond acceptors (Lipinski definition) is 6. The van der Waals surface area contributed by atoms with Gasteiger partial charge in [0.05, 0.1) is 6.04 Å². The number of anilines is 1. The molecule has 2 unspecified atom stereocenters. The van der Waals surface area contributed by atoms with Gasteiger partial charge in [-0.25, -0.2) is 9.67 Å². The lowest BCUT2D eigenvalue weighted by molar-refractivity contribution is -0.118. The fourth-order valence-electron chi connectivity index (χ4n) is 3.71. The number of aliphatic imine (C=N–C) groups is 1. The highest BCUT2D eigenvalue weighted by atomic mass is 16.3. The normalized spacial score (nSPS) is 17.9. The van der Waals surface area contributed by atoms with Gasteiger partial charge in [0.2, 0.25) is 11.9 Å². The molecule has 3 heterocycles. The Labute approximate surface area is 174 Å². The number of benzene rings is 1. The molecule has 1 amide bonds. The van der Waals surface area contributed by atoms with E-state index in [1.807, 2.05) is 50.2 Å². The molecule has 1 aromatic carbocycles. The molecule has 0 bridgehead atoms. The Kier molecular flexibility index (Phi) is 5.67. The maximum Gasteiger partial charge on any atom is 0.248 e. The number of fused-ring (bicyclic) bond motifs is 1. The zero-order chi connectivity index (χ0) is 21.1. The second kappa shape index (κ2) is 8.54. The molecule has 1 aliphatic heterocycles. The average molecular weight is 404 g/mol. The Morgan fingerprint density at radius 1 is 1.17 bits per heavy atom. The molecule has 2 atom stereocenters. The summed E-state index contributed by atoms with van der Waals surface area (Å²) in [5.41, 5.74) is 3.35. The Balaban J connectivity index is 1.74. The number of hydrogen-bond donors (Lipinski definition) is 2. The molecule has 2 N–H and O–H groups in total. The van der Waals surface area contributed by atoms with Gasteiger partial charge in [0.25, 0.3) is 0 Å². The third-order valence-electron chi connectivity index (χ3n) is 5.25. The first-order valence-corrected chi connectivity index (χ1v) is 9.96. The topological polar surface area (TPSA) is 105 Å². The average Bonchev–Trinajstić information content (AvgIpc) is 3.15. The SMILES string of the molecule is CC1=Nc2nc(CCCO)nn2C(c2ccncc2)C1C(=O)Nc1ccccc1C. The highest BCUT2D eigenvalue weighted by Crippen LogP contribution is 2.36. The fraction of sp³-hybridized carbons (Fsp3) is 0.318. The lowest BCUT2D eigenvalue weighted by Crippen LogP contribution is -2.39. The van der Waals surface area contributed by atoms with E-state index in [0.717, 1.165) is 16.8 Å². The summed E-state index contributed by atoms with van der Waals surface area (Å²) >= 11 is 0. The van der Waals surface area contributed by atoms with Gasteiger partial charge >= 0.3 is 0 Å². The van der Waals surface area contributed by atoms with Gasteiger partial charge in [-0.05, 0) is 49.6 Å². The van der Waals surface area contributed by atoms with Crippen molar-refractivity contribution in [1.29, 1.82) is 0 Å². The van der Waals surface area contributed by atoms with Crippen LogP contribution in [-0.2, 0) is 11.2 Å². The van der Waals surface area contributed by atoms with Crippen molar-refractivity contribution in [1.82, 2.24) is 19.7 Å². The summed E-state index contributed by atoms with van der Waals surface area (Å²) in [5, 5.41) is 16.8. The Morgan fingerprint density at radius 3 is 2.67 bits per heavy atom. The van der Waals surface area contributed by atoms with E-state index in [-0.39, 0.29) is 18.6 Å². The summed E-state index contributed by atoms with van der Waals surface area (Å²) in [5.74, 6) is 0.383. The number of aromatic nitrogens is 4. The van der Waals surface area contributed by atoms with Crippen molar-refractivity contribution in [2.45, 2.75) is 32.7 Å². The predicted molar refractivity (Wildman–Crippen MR) is 114 cm³/mol. The number of para-hydroxylation sites is 1. The quantitative estimate of drug-likeness (QED) is 0.657. The van der Waals surface area contributed by atoms with E-state index in [4.69, 9.17) is 5.11 Å². The summed E-state index contributed by atoms with van der Waals surface area (Å²) in [6, 6.07) is 11.1. The first-order valence-electron chi connectivity index (χ1n) is 9.96. The van der Waals surface area contributed by atoms with E-state index in [0.29, 0.717) is 30.3 Å². The van der Waals surface area contributed by atoms with Crippen molar-refractivity contribution in [3.05, 3.63) is 65.7 Å². The van der Waals surface area contributed by atoms with Crippen LogP contribution < -0.4 is 5.32 Å². The van der Waals surface area contributed by atoms with Crippen LogP contribution in [-0.4, -0.2) is 43.1 Å². The van der Waals surface area contributed by atoms with Crippen LogP contribution in [0.15, 0.2) is 53.8 Å². The number of aliphatic hydroxyl groups excluding tert-OH is 1. The van der Waals surface area contributed by atoms with E-state index in [1.165, 1.54) is 0 Å². The monoisotopic (exact) mass is 404 g/mol. The predicted octanol–water partition coefficient (Wildman–Crippen LogP) is 2.86. The summed E-state index contributed by atoms with van der Waals surface area (Å²) in [6.45, 7) is 3.88. The van der Waals surface area contributed by atoms with Crippen molar-refractivity contribution in [3.63, 3.8) is 0 Å². The molecule has 0 saturated carbocycles. The van der Waals surface area contributed by atoms with Gasteiger partial charge in [-0.15, -0.1) is 0 Å². The summed E-state index contributed by atoms with van der Waals surface area (Å²) < 4.78 is 1.72. The second-order valence-corrected chi connectivity index (χ2v) is 7.36. The minimum Gasteiger partial charge on any atom is -0.396 e. The number of pyridine rings is 1. The molecule has 0 fully saturated rings. The van der Waals surface area contributed by atoms with Crippen molar-refractivity contribution in [2.24, 2.45) is 10.9 Å². The van der Waals surface area contributed by atoms with Crippen LogP contribution in [0, 0.1) is 12.8 Å². The molecule has 0 aliphatic carbocycles. The number of carbonyl (C=O) groups excluding carboxylic acids is 1. The number of nitrogens with one attached hydrogen (secondary N) is 1. The van der Waals surface area contributed by atoms with Crippen LogP contribution in [0.25, 0.3) is 0 Å². The third-order valence-corrected chi connectivity index (χ3v) is 5.25. The maximum absolute atomic E-state index is 13.4. The number of nitrogens with zero attached hydrogens (tertiary/aromatic N) is 5. The molecular formula is C22H24N6O2. The van der Waals surface area contributed by atoms with Crippen LogP contribution in [0.1, 0.15) is 36.3 Å². The summed E-state index contributed by atoms with van der Waals surface area (Å²) in [6.07, 6.45) is 4.53. The molecule has 8 nitrogen and oxygen atoms in total. The number of amides is 1. The van der Waals surface area contributed by atoms with Crippen molar-refractivity contribution in [2.75, 3.05) is 11.9 Å². The molecule has 154 valence electrons. The molecule has 30 heavy (non-hydrogen) atoms. The minimum absolute atomic E-state index is 0.0708. The highest BCUT2D eigenvalue weighted by Gasteiger charge is 2.39. The number of aliphatic hydroxyl groups is 1. The first-order chi connectivity index (χ1) is 14.6. The molecule has 3 aromatic rings. The first kappa shape index (κ1) is 19.9. The van der Waals surface area contributed by atoms with Gasteiger partial charge in [-0.1, -0.05) is 18.2 Å². The Hall–Kier alpha value is -3.39. The summed E-state index contributed by atoms with van der Waals surface area (Å²) in [7, 11) is 0. The molecular weight excluding hydrogens is 380 g/mol. The minimum atomic E-state index is -0.549. The molecule has 8 heteroatoms. The van der Waals surface area contributed by atoms with Crippen LogP contribution in [0.2, 0.25) is 0 Å². The van der Waals surface area contributed by atoms with Gasteiger partial charge in [0.15, 0.2) is 5.82 Å². The van der Waals surface area contributed by atoms with Gasteiger partial charge in [-0.2, -0.15) is 10.1 Å². The molecule has 0 spiro atoms. The van der Waals surface area contributed by atoms with Gasteiger partial charge in [0, 0.05) is 36.8 Å². The molecule has 0 saturated heterocycles. The Bertz CT molecular complexity index is 1080. The van der Waals surface area contributed by atoms with Crippen LogP contribution >= 0.6 is 0 Å². The van der Waals surface area contributed by atoms with E-state index in [2.05, 4.69) is 25.4 Å². The smallest absolute Gasteiger partial charge is 0.248 e. The van der Waals surface area contributed by atoms with E-state index < -0.39 is 5.92 Å². The van der Waals surface area contributed by atoms with E-state index in [9.17, 15) is 4.79 Å². The summed E-state index contributed by atoms with van der Waals surface area (Å²) in [4.78, 5) is 26.6. The van der Waals surface area contributed by atoms with Crippen molar-refractivity contribution in [3.8, 4) is 0 Å². The number of carbonyl (C=O) groups is 1. The third kappa shape index (κ3) is 3.86. The zero-order valence-electron chi connectivity index (χ0n) is 17.0. The lowest BCUT2D eigenvalue weighted by atomic mass is 9.88. The standard InChI is InChI=1S/C22H24N6O2/c1-14-6-3-4-7-17(14)25-21(30)19-15(2)24-22-26-18(8-5-13-29)27-28(22)20(19)16-9-11-23-12-10-16/h3-4,6-7,9-12,19-20,29H,5,8,13H2,1-2H3,(H,25,30). The van der Waals surface area contributed by atoms with E-state index >= 15 is 0 Å². The zero-order valence-corrected chi connectivity index (χ0v) is 17.0. The van der Waals surface area contributed by atoms with Crippen molar-refractivity contribution >= 4 is 23.3 Å². The Morgan fingerprint density at radius 2 is 1.93 bits per heavy atom. The van der Waals surface area contributed by atoms with Crippen LogP contribution in [0.3, 0.4) is 0 Å². The lowest BCUT2D eigenvalue weighted by Gasteiger charge is -2.30. The number of aryl methyl sites for hydroxylation is 2. The van der Waals surface area contributed by atoms with E-state index in [1.54, 1.807) is 17.1 Å². The molecule has 0 radical (unpaired) electrons. The van der Waals surface area contributed by atoms with Gasteiger partial charge in [0.1, 0.15) is 5.92 Å². The second-order valence-electron chi connectivity index (χ2n) is 7.36. The molecule has 2 aromatic heterocycles. The molecule has 1 aliphatic rings.